The number of hydrogen-bond acceptors (Lipinski definition) is 4. The van der Waals surface area contributed by atoms with Gasteiger partial charge in [0.2, 0.25) is 0 Å². The molecule has 0 saturated heterocycles. The molecule has 88 valence electrons. The molecule has 0 unspecified atom stereocenters. The van der Waals surface area contributed by atoms with Crippen LogP contribution in [0.25, 0.3) is 0 Å². The van der Waals surface area contributed by atoms with E-state index >= 15 is 0 Å². The minimum absolute atomic E-state index is 0.272. The summed E-state index contributed by atoms with van der Waals surface area (Å²) in [6.07, 6.45) is 1.35. The third-order valence-electron chi connectivity index (χ3n) is 2.39. The highest BCUT2D eigenvalue weighted by Crippen LogP contribution is 2.36. The number of para-hydroxylation sites is 1. The van der Waals surface area contributed by atoms with Gasteiger partial charge in [-0.2, -0.15) is 0 Å². The van der Waals surface area contributed by atoms with E-state index in [-0.39, 0.29) is 11.8 Å². The van der Waals surface area contributed by atoms with Gasteiger partial charge in [0.25, 0.3) is 11.8 Å². The number of thioether (sulfide) groups is 1. The van der Waals surface area contributed by atoms with E-state index in [0.29, 0.717) is 10.7 Å². The largest absolute Gasteiger partial charge is 0.496 e. The molecule has 1 aliphatic heterocycles. The zero-order valence-electron chi connectivity index (χ0n) is 9.47. The number of rotatable bonds is 3. The van der Waals surface area contributed by atoms with Gasteiger partial charge in [-0.3, -0.25) is 14.5 Å². The highest BCUT2D eigenvalue weighted by molar-refractivity contribution is 8.04. The molecule has 1 aromatic carbocycles. The molecule has 2 rings (SSSR count). The van der Waals surface area contributed by atoms with Crippen molar-refractivity contribution in [1.29, 1.82) is 0 Å². The summed E-state index contributed by atoms with van der Waals surface area (Å²) < 4.78 is 5.19. The average molecular weight is 249 g/mol. The van der Waals surface area contributed by atoms with Crippen LogP contribution < -0.4 is 4.74 Å². The maximum absolute atomic E-state index is 11.7. The summed E-state index contributed by atoms with van der Waals surface area (Å²) in [5, 5.41) is 0. The molecule has 17 heavy (non-hydrogen) atoms. The molecule has 1 aliphatic rings. The van der Waals surface area contributed by atoms with E-state index in [0.717, 1.165) is 9.80 Å². The van der Waals surface area contributed by atoms with Crippen LogP contribution in [0.5, 0.6) is 5.75 Å². The molecule has 0 atom stereocenters. The van der Waals surface area contributed by atoms with Gasteiger partial charge in [-0.1, -0.05) is 23.9 Å². The summed E-state index contributed by atoms with van der Waals surface area (Å²) in [4.78, 5) is 25.3. The molecular formula is C12H11NO3S. The zero-order valence-corrected chi connectivity index (χ0v) is 10.3. The minimum Gasteiger partial charge on any atom is -0.496 e. The van der Waals surface area contributed by atoms with Gasteiger partial charge in [0.15, 0.2) is 0 Å². The highest BCUT2D eigenvalue weighted by Gasteiger charge is 2.28. The van der Waals surface area contributed by atoms with Crippen molar-refractivity contribution in [2.24, 2.45) is 0 Å². The van der Waals surface area contributed by atoms with Crippen molar-refractivity contribution in [3.63, 3.8) is 0 Å². The van der Waals surface area contributed by atoms with E-state index in [1.807, 2.05) is 24.3 Å². The van der Waals surface area contributed by atoms with Gasteiger partial charge >= 0.3 is 0 Å². The number of carbonyl (C=O) groups is 2. The van der Waals surface area contributed by atoms with E-state index < -0.39 is 0 Å². The summed E-state index contributed by atoms with van der Waals surface area (Å²) in [6.45, 7) is 0. The molecule has 2 amide bonds. The molecular weight excluding hydrogens is 238 g/mol. The standard InChI is InChI=1S/C12H11NO3S/c1-13-11(14)7-10(12(13)15)17-9-6-4-3-5-8(9)16-2/h3-7H,1-2H3. The van der Waals surface area contributed by atoms with E-state index in [9.17, 15) is 9.59 Å². The molecule has 1 heterocycles. The Morgan fingerprint density at radius 1 is 1.24 bits per heavy atom. The van der Waals surface area contributed by atoms with Crippen molar-refractivity contribution >= 4 is 23.6 Å². The first-order valence-corrected chi connectivity index (χ1v) is 5.79. The van der Waals surface area contributed by atoms with Gasteiger partial charge in [-0.25, -0.2) is 0 Å². The van der Waals surface area contributed by atoms with Crippen molar-refractivity contribution in [3.05, 3.63) is 35.2 Å². The normalized spacial score (nSPS) is 15.2. The van der Waals surface area contributed by atoms with Crippen LogP contribution in [0.15, 0.2) is 40.1 Å². The number of hydrogen-bond donors (Lipinski definition) is 0. The summed E-state index contributed by atoms with van der Waals surface area (Å²) >= 11 is 1.24. The number of imide groups is 1. The van der Waals surface area contributed by atoms with Crippen LogP contribution in [0.2, 0.25) is 0 Å². The summed E-state index contributed by atoms with van der Waals surface area (Å²) in [5.74, 6) is 0.131. The van der Waals surface area contributed by atoms with Crippen molar-refractivity contribution in [2.75, 3.05) is 14.2 Å². The smallest absolute Gasteiger partial charge is 0.267 e. The first kappa shape index (κ1) is 11.7. The van der Waals surface area contributed by atoms with Gasteiger partial charge in [0, 0.05) is 13.1 Å². The Bertz CT molecular complexity index is 510. The zero-order chi connectivity index (χ0) is 12.4. The quantitative estimate of drug-likeness (QED) is 0.764. The Kier molecular flexibility index (Phi) is 3.19. The number of amides is 2. The van der Waals surface area contributed by atoms with E-state index in [2.05, 4.69) is 0 Å². The van der Waals surface area contributed by atoms with Gasteiger partial charge in [0.05, 0.1) is 16.9 Å². The van der Waals surface area contributed by atoms with Crippen LogP contribution in [0.1, 0.15) is 0 Å². The molecule has 4 nitrogen and oxygen atoms in total. The first-order valence-electron chi connectivity index (χ1n) is 4.98. The van der Waals surface area contributed by atoms with Crippen LogP contribution in [0.4, 0.5) is 0 Å². The van der Waals surface area contributed by atoms with Crippen molar-refractivity contribution in [3.8, 4) is 5.75 Å². The second-order valence-electron chi connectivity index (χ2n) is 3.46. The van der Waals surface area contributed by atoms with Crippen LogP contribution in [-0.2, 0) is 9.59 Å². The summed E-state index contributed by atoms with van der Waals surface area (Å²) in [5.41, 5.74) is 0. The second-order valence-corrected chi connectivity index (χ2v) is 4.55. The number of methoxy groups -OCH3 is 1. The highest BCUT2D eigenvalue weighted by atomic mass is 32.2. The minimum atomic E-state index is -0.285. The maximum Gasteiger partial charge on any atom is 0.267 e. The fourth-order valence-electron chi connectivity index (χ4n) is 1.43. The third kappa shape index (κ3) is 2.19. The summed E-state index contributed by atoms with van der Waals surface area (Å²) in [7, 11) is 3.04. The molecule has 0 aliphatic carbocycles. The van der Waals surface area contributed by atoms with Crippen LogP contribution in [0, 0.1) is 0 Å². The van der Waals surface area contributed by atoms with E-state index in [4.69, 9.17) is 4.74 Å². The Labute approximate surface area is 103 Å². The molecule has 0 N–H and O–H groups in total. The third-order valence-corrected chi connectivity index (χ3v) is 3.46. The van der Waals surface area contributed by atoms with Gasteiger partial charge in [-0.05, 0) is 12.1 Å². The lowest BCUT2D eigenvalue weighted by molar-refractivity contribution is -0.135. The average Bonchev–Trinajstić information content (AvgIpc) is 2.58. The molecule has 0 saturated carbocycles. The SMILES string of the molecule is COc1ccccc1SC1=CC(=O)N(C)C1=O. The first-order chi connectivity index (χ1) is 8.13. The lowest BCUT2D eigenvalue weighted by Crippen LogP contribution is -2.25. The Balaban J connectivity index is 2.25. The molecule has 0 fully saturated rings. The second kappa shape index (κ2) is 4.63. The Hall–Kier alpha value is -1.75. The lowest BCUT2D eigenvalue weighted by Gasteiger charge is -2.08. The van der Waals surface area contributed by atoms with Crippen LogP contribution in [-0.4, -0.2) is 30.9 Å². The molecule has 0 bridgehead atoms. The topological polar surface area (TPSA) is 46.6 Å². The van der Waals surface area contributed by atoms with Gasteiger partial charge < -0.3 is 4.74 Å². The number of likely N-dealkylation sites (N-methyl/N-ethyl adjacent to an activating group) is 1. The van der Waals surface area contributed by atoms with Crippen LogP contribution in [0.3, 0.4) is 0 Å². The summed E-state index contributed by atoms with van der Waals surface area (Å²) in [6, 6.07) is 7.37. The molecule has 0 radical (unpaired) electrons. The fourth-order valence-corrected chi connectivity index (χ4v) is 2.45. The molecule has 0 spiro atoms. The predicted octanol–water partition coefficient (Wildman–Crippen LogP) is 1.67. The number of nitrogens with zero attached hydrogens (tertiary/aromatic N) is 1. The Morgan fingerprint density at radius 2 is 1.94 bits per heavy atom. The molecule has 0 aromatic heterocycles. The van der Waals surface area contributed by atoms with E-state index in [1.54, 1.807) is 7.11 Å². The van der Waals surface area contributed by atoms with Gasteiger partial charge in [0.1, 0.15) is 5.75 Å². The maximum atomic E-state index is 11.7. The van der Waals surface area contributed by atoms with Crippen molar-refractivity contribution in [1.82, 2.24) is 4.90 Å². The van der Waals surface area contributed by atoms with E-state index in [1.165, 1.54) is 24.9 Å². The van der Waals surface area contributed by atoms with Crippen molar-refractivity contribution < 1.29 is 14.3 Å². The molecule has 1 aromatic rings. The monoisotopic (exact) mass is 249 g/mol. The fraction of sp³-hybridized carbons (Fsp3) is 0.167. The number of ether oxygens (including phenoxy) is 1. The Morgan fingerprint density at radius 3 is 2.53 bits per heavy atom. The van der Waals surface area contributed by atoms with Crippen molar-refractivity contribution in [2.45, 2.75) is 4.90 Å². The number of benzene rings is 1. The van der Waals surface area contributed by atoms with Gasteiger partial charge in [-0.15, -0.1) is 0 Å². The predicted molar refractivity (Wildman–Crippen MR) is 64.7 cm³/mol. The number of carbonyl (C=O) groups excluding carboxylic acids is 2. The lowest BCUT2D eigenvalue weighted by atomic mass is 10.3. The van der Waals surface area contributed by atoms with Crippen LogP contribution >= 0.6 is 11.8 Å². The molecule has 5 heteroatoms.